The van der Waals surface area contributed by atoms with Gasteiger partial charge in [0.25, 0.3) is 0 Å². The fourth-order valence-electron chi connectivity index (χ4n) is 7.40. The molecule has 0 rings (SSSR count). The lowest BCUT2D eigenvalue weighted by atomic mass is 10.1. The Morgan fingerprint density at radius 1 is 0.308 bits per heavy atom. The van der Waals surface area contributed by atoms with Gasteiger partial charge in [0, 0.05) is 19.3 Å². The van der Waals surface area contributed by atoms with Crippen LogP contribution in [0.15, 0.2) is 85.1 Å². The summed E-state index contributed by atoms with van der Waals surface area (Å²) in [6, 6.07) is 0. The van der Waals surface area contributed by atoms with Crippen LogP contribution in [0.25, 0.3) is 0 Å². The lowest BCUT2D eigenvalue weighted by Crippen LogP contribution is -2.30. The van der Waals surface area contributed by atoms with Gasteiger partial charge in [-0.25, -0.2) is 0 Å². The van der Waals surface area contributed by atoms with Gasteiger partial charge in [-0.15, -0.1) is 0 Å². The van der Waals surface area contributed by atoms with E-state index in [9.17, 15) is 14.4 Å². The maximum Gasteiger partial charge on any atom is 0.306 e. The number of hydrogen-bond donors (Lipinski definition) is 0. The van der Waals surface area contributed by atoms with Crippen molar-refractivity contribution >= 4 is 17.9 Å². The summed E-state index contributed by atoms with van der Waals surface area (Å²) in [5.41, 5.74) is 0. The number of rotatable bonds is 48. The molecule has 6 nitrogen and oxygen atoms in total. The molecule has 0 N–H and O–H groups in total. The molecule has 0 aliphatic heterocycles. The standard InChI is InChI=1S/C59H100O6/c1-4-7-10-13-16-19-22-24-26-28-30-32-33-35-37-40-43-46-49-52-58(61)64-55-56(54-63-57(60)51-48-45-42-39-21-18-15-12-9-6-3)65-59(62)53-50-47-44-41-38-36-34-31-29-27-25-23-20-17-14-11-8-5-2/h11,14,16-17,19-20,22-25,27,29,31,34,56H,4-10,12-13,15,18,21,26,28,30,32-33,35-55H2,1-3H3/b14-11-,19-16-,20-17-,24-22-,25-23-,29-27-,34-31-. The molecule has 0 fully saturated rings. The molecule has 0 heterocycles. The highest BCUT2D eigenvalue weighted by molar-refractivity contribution is 5.71. The molecule has 0 saturated heterocycles. The van der Waals surface area contributed by atoms with Gasteiger partial charge < -0.3 is 14.2 Å². The summed E-state index contributed by atoms with van der Waals surface area (Å²) in [4.78, 5) is 38.0. The molecule has 0 bridgehead atoms. The molecule has 6 heteroatoms. The third-order valence-corrected chi connectivity index (χ3v) is 11.5. The van der Waals surface area contributed by atoms with Crippen LogP contribution in [-0.2, 0) is 28.6 Å². The summed E-state index contributed by atoms with van der Waals surface area (Å²) < 4.78 is 16.8. The monoisotopic (exact) mass is 905 g/mol. The van der Waals surface area contributed by atoms with Crippen molar-refractivity contribution < 1.29 is 28.6 Å². The summed E-state index contributed by atoms with van der Waals surface area (Å²) in [5, 5.41) is 0. The first-order valence-corrected chi connectivity index (χ1v) is 27.2. The zero-order valence-corrected chi connectivity index (χ0v) is 42.5. The maximum atomic E-state index is 12.8. The number of allylic oxidation sites excluding steroid dienone is 14. The highest BCUT2D eigenvalue weighted by atomic mass is 16.6. The first-order valence-electron chi connectivity index (χ1n) is 27.2. The highest BCUT2D eigenvalue weighted by Crippen LogP contribution is 2.15. The average Bonchev–Trinajstić information content (AvgIpc) is 3.30. The minimum absolute atomic E-state index is 0.0870. The van der Waals surface area contributed by atoms with Crippen molar-refractivity contribution in [2.75, 3.05) is 13.2 Å². The smallest absolute Gasteiger partial charge is 0.306 e. The predicted molar refractivity (Wildman–Crippen MR) is 279 cm³/mol. The SMILES string of the molecule is CCC\C=C/C=C\C=C/C=C\C=C/CCCCCCCC(=O)OC(COC(=O)CCCCCCCCCCCC)COC(=O)CCCCCCCCCCCC/C=C\C=C/CCCCC. The Balaban J connectivity index is 4.39. The van der Waals surface area contributed by atoms with Crippen LogP contribution in [0.5, 0.6) is 0 Å². The Morgan fingerprint density at radius 2 is 0.585 bits per heavy atom. The molecule has 1 unspecified atom stereocenters. The van der Waals surface area contributed by atoms with Crippen LogP contribution in [0.1, 0.15) is 252 Å². The highest BCUT2D eigenvalue weighted by Gasteiger charge is 2.19. The van der Waals surface area contributed by atoms with Crippen LogP contribution >= 0.6 is 0 Å². The third kappa shape index (κ3) is 51.4. The van der Waals surface area contributed by atoms with Gasteiger partial charge in [0.1, 0.15) is 13.2 Å². The molecule has 0 spiro atoms. The van der Waals surface area contributed by atoms with E-state index in [0.29, 0.717) is 19.3 Å². The maximum absolute atomic E-state index is 12.8. The van der Waals surface area contributed by atoms with Gasteiger partial charge in [0.05, 0.1) is 0 Å². The lowest BCUT2D eigenvalue weighted by molar-refractivity contribution is -0.167. The van der Waals surface area contributed by atoms with E-state index in [1.54, 1.807) is 0 Å². The van der Waals surface area contributed by atoms with Crippen LogP contribution in [0, 0.1) is 0 Å². The topological polar surface area (TPSA) is 78.9 Å². The number of unbranched alkanes of at least 4 members (excludes halogenated alkanes) is 28. The fourth-order valence-corrected chi connectivity index (χ4v) is 7.40. The number of hydrogen-bond acceptors (Lipinski definition) is 6. The molecule has 0 aromatic rings. The number of carbonyl (C=O) groups excluding carboxylic acids is 3. The molecule has 0 aliphatic carbocycles. The molecule has 0 aromatic carbocycles. The Morgan fingerprint density at radius 3 is 0.969 bits per heavy atom. The molecule has 0 aliphatic rings. The molecular formula is C59H100O6. The van der Waals surface area contributed by atoms with Crippen molar-refractivity contribution in [2.45, 2.75) is 258 Å². The van der Waals surface area contributed by atoms with Gasteiger partial charge in [-0.3, -0.25) is 14.4 Å². The molecule has 65 heavy (non-hydrogen) atoms. The fraction of sp³-hybridized carbons (Fsp3) is 0.712. The van der Waals surface area contributed by atoms with Crippen LogP contribution in [0.4, 0.5) is 0 Å². The third-order valence-electron chi connectivity index (χ3n) is 11.5. The van der Waals surface area contributed by atoms with E-state index < -0.39 is 6.10 Å². The van der Waals surface area contributed by atoms with E-state index in [1.165, 1.54) is 128 Å². The van der Waals surface area contributed by atoms with E-state index in [4.69, 9.17) is 14.2 Å². The Labute approximate surface area is 401 Å². The van der Waals surface area contributed by atoms with Crippen molar-refractivity contribution in [3.63, 3.8) is 0 Å². The van der Waals surface area contributed by atoms with Crippen LogP contribution in [-0.4, -0.2) is 37.2 Å². The van der Waals surface area contributed by atoms with Gasteiger partial charge in [-0.05, 0) is 64.2 Å². The second kappa shape index (κ2) is 53.2. The van der Waals surface area contributed by atoms with Crippen LogP contribution < -0.4 is 0 Å². The van der Waals surface area contributed by atoms with Crippen molar-refractivity contribution in [3.8, 4) is 0 Å². The summed E-state index contributed by atoms with van der Waals surface area (Å²) in [6.07, 6.45) is 68.5. The van der Waals surface area contributed by atoms with Crippen molar-refractivity contribution in [1.82, 2.24) is 0 Å². The first-order chi connectivity index (χ1) is 32.0. The Hall–Kier alpha value is -3.41. The average molecular weight is 905 g/mol. The number of ether oxygens (including phenoxy) is 3. The number of carbonyl (C=O) groups is 3. The van der Waals surface area contributed by atoms with Gasteiger partial charge >= 0.3 is 17.9 Å². The van der Waals surface area contributed by atoms with E-state index in [-0.39, 0.29) is 31.1 Å². The van der Waals surface area contributed by atoms with Gasteiger partial charge in [-0.1, -0.05) is 254 Å². The molecule has 0 amide bonds. The quantitative estimate of drug-likeness (QED) is 0.0262. The van der Waals surface area contributed by atoms with E-state index in [0.717, 1.165) is 83.5 Å². The zero-order chi connectivity index (χ0) is 47.2. The molecule has 1 atom stereocenters. The van der Waals surface area contributed by atoms with E-state index in [2.05, 4.69) is 81.5 Å². The number of esters is 3. The molecule has 0 radical (unpaired) electrons. The van der Waals surface area contributed by atoms with Gasteiger partial charge in [-0.2, -0.15) is 0 Å². The normalized spacial score (nSPS) is 12.7. The minimum atomic E-state index is -0.790. The first kappa shape index (κ1) is 61.6. The summed E-state index contributed by atoms with van der Waals surface area (Å²) in [5.74, 6) is -0.914. The summed E-state index contributed by atoms with van der Waals surface area (Å²) in [7, 11) is 0. The molecular weight excluding hydrogens is 805 g/mol. The second-order valence-electron chi connectivity index (χ2n) is 17.9. The van der Waals surface area contributed by atoms with Crippen molar-refractivity contribution in [2.24, 2.45) is 0 Å². The van der Waals surface area contributed by atoms with Crippen LogP contribution in [0.2, 0.25) is 0 Å². The van der Waals surface area contributed by atoms with E-state index >= 15 is 0 Å². The molecule has 372 valence electrons. The Kier molecular flexibility index (Phi) is 50.4. The minimum Gasteiger partial charge on any atom is -0.462 e. The van der Waals surface area contributed by atoms with Crippen molar-refractivity contribution in [1.29, 1.82) is 0 Å². The second-order valence-corrected chi connectivity index (χ2v) is 17.9. The zero-order valence-electron chi connectivity index (χ0n) is 42.5. The molecule has 0 aromatic heterocycles. The lowest BCUT2D eigenvalue weighted by Gasteiger charge is -2.18. The van der Waals surface area contributed by atoms with Gasteiger partial charge in [0.15, 0.2) is 6.10 Å². The summed E-state index contributed by atoms with van der Waals surface area (Å²) in [6.45, 7) is 6.49. The van der Waals surface area contributed by atoms with Gasteiger partial charge in [0.2, 0.25) is 0 Å². The van der Waals surface area contributed by atoms with Crippen LogP contribution in [0.3, 0.4) is 0 Å². The Bertz CT molecular complexity index is 1270. The largest absolute Gasteiger partial charge is 0.462 e. The van der Waals surface area contributed by atoms with Crippen molar-refractivity contribution in [3.05, 3.63) is 85.1 Å². The predicted octanol–water partition coefficient (Wildman–Crippen LogP) is 18.0. The van der Waals surface area contributed by atoms with E-state index in [1.807, 2.05) is 24.3 Å². The summed E-state index contributed by atoms with van der Waals surface area (Å²) >= 11 is 0. The molecule has 0 saturated carbocycles.